The highest BCUT2D eigenvalue weighted by Gasteiger charge is 2.15. The molecule has 0 radical (unpaired) electrons. The van der Waals surface area contributed by atoms with Gasteiger partial charge in [0.25, 0.3) is 0 Å². The Balaban J connectivity index is 1.81. The first-order chi connectivity index (χ1) is 13.9. The molecule has 0 aromatic heterocycles. The number of thiocarbonyl (C=S) groups is 1. The van der Waals surface area contributed by atoms with Crippen LogP contribution in [0.15, 0.2) is 94.8 Å². The molecule has 0 fully saturated rings. The van der Waals surface area contributed by atoms with E-state index in [1.165, 1.54) is 0 Å². The third kappa shape index (κ3) is 5.97. The van der Waals surface area contributed by atoms with Crippen molar-refractivity contribution >= 4 is 38.7 Å². The second-order valence-corrected chi connectivity index (χ2v) is 8.74. The maximum absolute atomic E-state index is 12.7. The number of aryl methyl sites for hydroxylation is 1. The van der Waals surface area contributed by atoms with Gasteiger partial charge in [0.15, 0.2) is 14.9 Å². The van der Waals surface area contributed by atoms with Crippen molar-refractivity contribution in [3.63, 3.8) is 0 Å². The number of sulfone groups is 1. The van der Waals surface area contributed by atoms with Gasteiger partial charge in [-0.15, -0.1) is 0 Å². The minimum absolute atomic E-state index is 0.240. The highest BCUT2D eigenvalue weighted by molar-refractivity contribution is 7.91. The zero-order chi connectivity index (χ0) is 20.7. The van der Waals surface area contributed by atoms with Crippen molar-refractivity contribution in [2.24, 2.45) is 4.99 Å². The van der Waals surface area contributed by atoms with E-state index in [9.17, 15) is 8.42 Å². The summed E-state index contributed by atoms with van der Waals surface area (Å²) in [5.41, 5.74) is 2.56. The Morgan fingerprint density at radius 2 is 1.48 bits per heavy atom. The van der Waals surface area contributed by atoms with E-state index < -0.39 is 9.84 Å². The highest BCUT2D eigenvalue weighted by Crippen LogP contribution is 2.13. The van der Waals surface area contributed by atoms with E-state index in [-0.39, 0.29) is 10.8 Å². The Morgan fingerprint density at radius 1 is 0.897 bits per heavy atom. The summed E-state index contributed by atoms with van der Waals surface area (Å²) in [5, 5.41) is 6.41. The van der Waals surface area contributed by atoms with Gasteiger partial charge in [-0.3, -0.25) is 4.99 Å². The molecule has 3 aromatic rings. The van der Waals surface area contributed by atoms with E-state index in [2.05, 4.69) is 15.6 Å². The van der Waals surface area contributed by atoms with Crippen LogP contribution in [0.5, 0.6) is 0 Å². The van der Waals surface area contributed by atoms with E-state index in [1.54, 1.807) is 24.3 Å². The van der Waals surface area contributed by atoms with E-state index in [1.807, 2.05) is 67.6 Å². The second-order valence-electron chi connectivity index (χ2n) is 6.37. The highest BCUT2D eigenvalue weighted by atomic mass is 32.2. The number of aliphatic imine (C=N–C) groups is 1. The lowest BCUT2D eigenvalue weighted by atomic mass is 10.2. The summed E-state index contributed by atoms with van der Waals surface area (Å²) in [6.45, 7) is 1.91. The maximum atomic E-state index is 12.7. The standard InChI is InChI=1S/C22H21N3O2S2/c1-17-12-14-20(15-13-17)29(26,27)16-23-21(18-8-4-2-5-9-18)25-22(28)24-19-10-6-3-7-11-19/h2-15H,16H2,1H3,(H2,23,24,25,28). The molecule has 0 bridgehead atoms. The molecule has 0 spiro atoms. The molecule has 0 unspecified atom stereocenters. The van der Waals surface area contributed by atoms with E-state index >= 15 is 0 Å². The number of benzene rings is 3. The molecule has 0 amide bonds. The van der Waals surface area contributed by atoms with Crippen molar-refractivity contribution in [2.45, 2.75) is 11.8 Å². The normalized spacial score (nSPS) is 11.7. The first-order valence-electron chi connectivity index (χ1n) is 8.96. The van der Waals surface area contributed by atoms with Crippen LogP contribution in [0.1, 0.15) is 11.1 Å². The van der Waals surface area contributed by atoms with Crippen molar-refractivity contribution in [3.05, 3.63) is 96.1 Å². The summed E-state index contributed by atoms with van der Waals surface area (Å²) in [5.74, 6) is -0.00366. The van der Waals surface area contributed by atoms with Crippen molar-refractivity contribution in [1.82, 2.24) is 5.32 Å². The van der Waals surface area contributed by atoms with Crippen molar-refractivity contribution < 1.29 is 8.42 Å². The molecule has 3 rings (SSSR count). The molecule has 0 aliphatic heterocycles. The number of hydrogen-bond acceptors (Lipinski definition) is 4. The molecule has 0 heterocycles. The van der Waals surface area contributed by atoms with Gasteiger partial charge in [-0.2, -0.15) is 0 Å². The van der Waals surface area contributed by atoms with E-state index in [4.69, 9.17) is 12.2 Å². The number of rotatable bonds is 5. The Hall–Kier alpha value is -3.03. The van der Waals surface area contributed by atoms with Crippen LogP contribution in [-0.4, -0.2) is 25.2 Å². The van der Waals surface area contributed by atoms with Crippen LogP contribution in [0.25, 0.3) is 0 Å². The Kier molecular flexibility index (Phi) is 6.74. The number of anilines is 1. The van der Waals surface area contributed by atoms with Gasteiger partial charge < -0.3 is 10.6 Å². The van der Waals surface area contributed by atoms with Gasteiger partial charge in [0.2, 0.25) is 0 Å². The van der Waals surface area contributed by atoms with Crippen LogP contribution in [0.3, 0.4) is 0 Å². The van der Waals surface area contributed by atoms with Gasteiger partial charge in [-0.05, 0) is 43.4 Å². The lowest BCUT2D eigenvalue weighted by Gasteiger charge is -2.13. The third-order valence-electron chi connectivity index (χ3n) is 4.08. The van der Waals surface area contributed by atoms with Crippen molar-refractivity contribution in [1.29, 1.82) is 0 Å². The molecule has 0 aliphatic carbocycles. The fraction of sp³-hybridized carbons (Fsp3) is 0.0909. The number of hydrogen-bond donors (Lipinski definition) is 2. The lowest BCUT2D eigenvalue weighted by Crippen LogP contribution is -2.35. The molecule has 2 N–H and O–H groups in total. The fourth-order valence-electron chi connectivity index (χ4n) is 2.56. The minimum atomic E-state index is -3.57. The van der Waals surface area contributed by atoms with Gasteiger partial charge in [0.05, 0.1) is 4.90 Å². The number of amidine groups is 1. The summed E-state index contributed by atoms with van der Waals surface area (Å²) in [6, 6.07) is 25.5. The molecule has 7 heteroatoms. The molecule has 29 heavy (non-hydrogen) atoms. The van der Waals surface area contributed by atoms with Gasteiger partial charge in [0.1, 0.15) is 11.7 Å². The number of nitrogens with one attached hydrogen (secondary N) is 2. The van der Waals surface area contributed by atoms with Crippen LogP contribution >= 0.6 is 12.2 Å². The summed E-state index contributed by atoms with van der Waals surface area (Å²) in [4.78, 5) is 4.58. The Bertz CT molecular complexity index is 1100. The van der Waals surface area contributed by atoms with Gasteiger partial charge in [-0.1, -0.05) is 66.2 Å². The molecular formula is C22H21N3O2S2. The SMILES string of the molecule is Cc1ccc(S(=O)(=O)CN=C(NC(=S)Nc2ccccc2)c2ccccc2)cc1. The number of nitrogens with zero attached hydrogens (tertiary/aromatic N) is 1. The van der Waals surface area contributed by atoms with Crippen LogP contribution in [-0.2, 0) is 9.84 Å². The molecule has 148 valence electrons. The largest absolute Gasteiger partial charge is 0.332 e. The molecule has 0 aliphatic rings. The summed E-state index contributed by atoms with van der Waals surface area (Å²) >= 11 is 5.38. The van der Waals surface area contributed by atoms with Gasteiger partial charge >= 0.3 is 0 Å². The zero-order valence-electron chi connectivity index (χ0n) is 15.9. The quantitative estimate of drug-likeness (QED) is 0.366. The summed E-state index contributed by atoms with van der Waals surface area (Å²) < 4.78 is 25.3. The van der Waals surface area contributed by atoms with Crippen LogP contribution in [0, 0.1) is 6.92 Å². The zero-order valence-corrected chi connectivity index (χ0v) is 17.5. The molecule has 3 aromatic carbocycles. The predicted molar refractivity (Wildman–Crippen MR) is 122 cm³/mol. The average molecular weight is 424 g/mol. The summed E-state index contributed by atoms with van der Waals surface area (Å²) in [6.07, 6.45) is 0. The molecule has 0 saturated carbocycles. The molecule has 0 atom stereocenters. The third-order valence-corrected chi connectivity index (χ3v) is 5.75. The van der Waals surface area contributed by atoms with E-state index in [0.29, 0.717) is 10.9 Å². The Morgan fingerprint density at radius 3 is 2.10 bits per heavy atom. The summed E-state index contributed by atoms with van der Waals surface area (Å²) in [7, 11) is -3.57. The maximum Gasteiger partial charge on any atom is 0.198 e. The van der Waals surface area contributed by atoms with Crippen LogP contribution in [0.4, 0.5) is 5.69 Å². The van der Waals surface area contributed by atoms with Crippen molar-refractivity contribution in [2.75, 3.05) is 11.2 Å². The fourth-order valence-corrected chi connectivity index (χ4v) is 3.77. The molecule has 5 nitrogen and oxygen atoms in total. The van der Waals surface area contributed by atoms with Crippen LogP contribution < -0.4 is 10.6 Å². The smallest absolute Gasteiger partial charge is 0.198 e. The Labute approximate surface area is 176 Å². The average Bonchev–Trinajstić information content (AvgIpc) is 2.73. The first kappa shape index (κ1) is 20.7. The molecular weight excluding hydrogens is 402 g/mol. The monoisotopic (exact) mass is 423 g/mol. The topological polar surface area (TPSA) is 70.6 Å². The molecule has 0 saturated heterocycles. The number of para-hydroxylation sites is 1. The predicted octanol–water partition coefficient (Wildman–Crippen LogP) is 4.16. The van der Waals surface area contributed by atoms with Gasteiger partial charge in [0, 0.05) is 11.3 Å². The van der Waals surface area contributed by atoms with Gasteiger partial charge in [-0.25, -0.2) is 8.42 Å². The lowest BCUT2D eigenvalue weighted by molar-refractivity contribution is 0.596. The van der Waals surface area contributed by atoms with Crippen LogP contribution in [0.2, 0.25) is 0 Å². The minimum Gasteiger partial charge on any atom is -0.332 e. The van der Waals surface area contributed by atoms with Crippen molar-refractivity contribution in [3.8, 4) is 0 Å². The first-order valence-corrected chi connectivity index (χ1v) is 11.0. The van der Waals surface area contributed by atoms with E-state index in [0.717, 1.165) is 16.8 Å². The second kappa shape index (κ2) is 9.45.